The molecule has 184 valence electrons. The van der Waals surface area contributed by atoms with Gasteiger partial charge in [0.1, 0.15) is 6.17 Å². The van der Waals surface area contributed by atoms with Crippen LogP contribution < -0.4 is 9.80 Å². The summed E-state index contributed by atoms with van der Waals surface area (Å²) in [7, 11) is 0. The van der Waals surface area contributed by atoms with Crippen LogP contribution in [-0.4, -0.2) is 23.8 Å². The van der Waals surface area contributed by atoms with Gasteiger partial charge in [-0.3, -0.25) is 0 Å². The first kappa shape index (κ1) is 23.7. The minimum Gasteiger partial charge on any atom is -0.393 e. The summed E-state index contributed by atoms with van der Waals surface area (Å²) in [6, 6.07) is 25.6. The van der Waals surface area contributed by atoms with Crippen molar-refractivity contribution in [3.05, 3.63) is 96.1 Å². The molecule has 0 spiro atoms. The third-order valence-electron chi connectivity index (χ3n) is 7.51. The van der Waals surface area contributed by atoms with Gasteiger partial charge in [0.05, 0.1) is 11.7 Å². The molecule has 1 aliphatic heterocycles. The van der Waals surface area contributed by atoms with Crippen LogP contribution in [0.2, 0.25) is 0 Å². The Labute approximate surface area is 204 Å². The standard InChI is InChI=1S/C29H31F3N2O/c1-28(2)17-25-24(26(35)18-28)19-33(22-9-5-3-6-10-22)27(34(25)23-11-7-4-8-12-23)20-13-15-21(16-14-20)29(30,31)32/h3-16,24-27,35H,17-19H2,1-2H3. The van der Waals surface area contributed by atoms with E-state index in [2.05, 4.69) is 35.8 Å². The highest BCUT2D eigenvalue weighted by atomic mass is 19.4. The predicted octanol–water partition coefficient (Wildman–Crippen LogP) is 6.90. The molecule has 35 heavy (non-hydrogen) atoms. The maximum absolute atomic E-state index is 13.3. The van der Waals surface area contributed by atoms with Gasteiger partial charge < -0.3 is 14.9 Å². The van der Waals surface area contributed by atoms with Crippen LogP contribution in [0.3, 0.4) is 0 Å². The third-order valence-corrected chi connectivity index (χ3v) is 7.51. The molecule has 1 saturated heterocycles. The summed E-state index contributed by atoms with van der Waals surface area (Å²) in [6.07, 6.45) is -3.54. The Bertz CT molecular complexity index is 1130. The average molecular weight is 481 g/mol. The highest BCUT2D eigenvalue weighted by molar-refractivity contribution is 5.59. The first-order valence-corrected chi connectivity index (χ1v) is 12.1. The van der Waals surface area contributed by atoms with Crippen molar-refractivity contribution >= 4 is 11.4 Å². The quantitative estimate of drug-likeness (QED) is 0.442. The average Bonchev–Trinajstić information content (AvgIpc) is 2.83. The van der Waals surface area contributed by atoms with E-state index in [1.807, 2.05) is 48.5 Å². The summed E-state index contributed by atoms with van der Waals surface area (Å²) < 4.78 is 40.0. The highest BCUT2D eigenvalue weighted by Gasteiger charge is 2.50. The second-order valence-electron chi connectivity index (χ2n) is 10.6. The topological polar surface area (TPSA) is 26.7 Å². The van der Waals surface area contributed by atoms with Gasteiger partial charge >= 0.3 is 6.18 Å². The molecule has 4 unspecified atom stereocenters. The SMILES string of the molecule is CC1(C)CC(O)C2CN(c3ccccc3)C(c3ccc(C(F)(F)F)cc3)N(c3ccccc3)C2C1. The maximum atomic E-state index is 13.3. The monoisotopic (exact) mass is 480 g/mol. The lowest BCUT2D eigenvalue weighted by molar-refractivity contribution is -0.137. The third kappa shape index (κ3) is 4.64. The number of halogens is 3. The summed E-state index contributed by atoms with van der Waals surface area (Å²) >= 11 is 0. The molecular weight excluding hydrogens is 449 g/mol. The van der Waals surface area contributed by atoms with Crippen LogP contribution in [0, 0.1) is 11.3 Å². The minimum atomic E-state index is -4.38. The zero-order valence-electron chi connectivity index (χ0n) is 20.0. The summed E-state index contributed by atoms with van der Waals surface area (Å²) in [5.74, 6) is 0.00846. The van der Waals surface area contributed by atoms with Gasteiger partial charge in [0.25, 0.3) is 0 Å². The van der Waals surface area contributed by atoms with Crippen LogP contribution in [0.25, 0.3) is 0 Å². The van der Waals surface area contributed by atoms with Crippen molar-refractivity contribution in [1.29, 1.82) is 0 Å². The minimum absolute atomic E-state index is 0.00846. The first-order valence-electron chi connectivity index (χ1n) is 12.1. The number of alkyl halides is 3. The number of para-hydroxylation sites is 2. The number of aliphatic hydroxyl groups excluding tert-OH is 1. The van der Waals surface area contributed by atoms with Crippen molar-refractivity contribution in [3.63, 3.8) is 0 Å². The Balaban J connectivity index is 1.68. The molecule has 0 aromatic heterocycles. The van der Waals surface area contributed by atoms with Crippen molar-refractivity contribution in [2.75, 3.05) is 16.3 Å². The Kier molecular flexibility index (Phi) is 6.04. The molecule has 1 N–H and O–H groups in total. The van der Waals surface area contributed by atoms with Crippen LogP contribution in [0.1, 0.15) is 44.0 Å². The fraction of sp³-hybridized carbons (Fsp3) is 0.379. The molecule has 1 saturated carbocycles. The molecule has 3 aromatic carbocycles. The van der Waals surface area contributed by atoms with E-state index in [9.17, 15) is 18.3 Å². The van der Waals surface area contributed by atoms with Crippen LogP contribution >= 0.6 is 0 Å². The molecule has 0 amide bonds. The van der Waals surface area contributed by atoms with Crippen molar-refractivity contribution in [2.24, 2.45) is 11.3 Å². The molecule has 1 aliphatic carbocycles. The van der Waals surface area contributed by atoms with E-state index in [0.29, 0.717) is 6.54 Å². The largest absolute Gasteiger partial charge is 0.416 e. The van der Waals surface area contributed by atoms with Crippen LogP contribution in [-0.2, 0) is 6.18 Å². The van der Waals surface area contributed by atoms with Crippen molar-refractivity contribution in [2.45, 2.75) is 51.2 Å². The summed E-state index contributed by atoms with van der Waals surface area (Å²) in [5.41, 5.74) is 2.07. The van der Waals surface area contributed by atoms with Gasteiger partial charge in [0.2, 0.25) is 0 Å². The molecule has 0 bridgehead atoms. The smallest absolute Gasteiger partial charge is 0.393 e. The Hall–Kier alpha value is -2.99. The lowest BCUT2D eigenvalue weighted by atomic mass is 9.66. The van der Waals surface area contributed by atoms with Gasteiger partial charge in [-0.1, -0.05) is 62.4 Å². The molecule has 1 heterocycles. The summed E-state index contributed by atoms with van der Waals surface area (Å²) in [6.45, 7) is 5.00. The number of hydrogen-bond acceptors (Lipinski definition) is 3. The highest BCUT2D eigenvalue weighted by Crippen LogP contribution is 2.49. The fourth-order valence-electron chi connectivity index (χ4n) is 5.96. The Morgan fingerprint density at radius 1 is 0.800 bits per heavy atom. The van der Waals surface area contributed by atoms with Crippen LogP contribution in [0.5, 0.6) is 0 Å². The molecule has 3 nitrogen and oxygen atoms in total. The van der Waals surface area contributed by atoms with Gasteiger partial charge in [-0.05, 0) is 60.2 Å². The molecule has 2 aliphatic rings. The van der Waals surface area contributed by atoms with Gasteiger partial charge in [-0.25, -0.2) is 0 Å². The van der Waals surface area contributed by atoms with Gasteiger partial charge in [0, 0.05) is 29.9 Å². The second-order valence-corrected chi connectivity index (χ2v) is 10.6. The number of hydrogen-bond donors (Lipinski definition) is 1. The molecule has 4 atom stereocenters. The van der Waals surface area contributed by atoms with E-state index >= 15 is 0 Å². The van der Waals surface area contributed by atoms with E-state index in [-0.39, 0.29) is 23.5 Å². The number of anilines is 2. The van der Waals surface area contributed by atoms with Crippen molar-refractivity contribution < 1.29 is 18.3 Å². The molecule has 2 fully saturated rings. The zero-order valence-corrected chi connectivity index (χ0v) is 20.0. The normalized spacial score (nSPS) is 26.3. The lowest BCUT2D eigenvalue weighted by Gasteiger charge is -2.59. The lowest BCUT2D eigenvalue weighted by Crippen LogP contribution is -2.63. The molecule has 0 radical (unpaired) electrons. The zero-order chi connectivity index (χ0) is 24.8. The van der Waals surface area contributed by atoms with Gasteiger partial charge in [-0.15, -0.1) is 0 Å². The predicted molar refractivity (Wildman–Crippen MR) is 133 cm³/mol. The van der Waals surface area contributed by atoms with E-state index in [1.54, 1.807) is 12.1 Å². The first-order chi connectivity index (χ1) is 16.6. The number of benzene rings is 3. The Morgan fingerprint density at radius 3 is 1.94 bits per heavy atom. The molecule has 5 rings (SSSR count). The number of fused-ring (bicyclic) bond motifs is 1. The number of nitrogens with zero attached hydrogens (tertiary/aromatic N) is 2. The van der Waals surface area contributed by atoms with Crippen LogP contribution in [0.15, 0.2) is 84.9 Å². The fourth-order valence-corrected chi connectivity index (χ4v) is 5.96. The summed E-state index contributed by atoms with van der Waals surface area (Å²) in [5, 5.41) is 11.3. The second kappa shape index (κ2) is 8.90. The Morgan fingerprint density at radius 2 is 1.37 bits per heavy atom. The number of rotatable bonds is 3. The molecular formula is C29H31F3N2O. The van der Waals surface area contributed by atoms with E-state index in [4.69, 9.17) is 0 Å². The van der Waals surface area contributed by atoms with Crippen molar-refractivity contribution in [1.82, 2.24) is 0 Å². The van der Waals surface area contributed by atoms with Crippen LogP contribution in [0.4, 0.5) is 24.5 Å². The van der Waals surface area contributed by atoms with E-state index in [0.717, 1.165) is 29.8 Å². The van der Waals surface area contributed by atoms with Crippen molar-refractivity contribution in [3.8, 4) is 0 Å². The van der Waals surface area contributed by atoms with E-state index in [1.165, 1.54) is 12.1 Å². The molecule has 6 heteroatoms. The molecule has 3 aromatic rings. The van der Waals surface area contributed by atoms with E-state index < -0.39 is 17.8 Å². The summed E-state index contributed by atoms with van der Waals surface area (Å²) in [4.78, 5) is 4.56. The van der Waals surface area contributed by atoms with Gasteiger partial charge in [0.15, 0.2) is 0 Å². The number of aliphatic hydroxyl groups is 1. The maximum Gasteiger partial charge on any atom is 0.416 e. The van der Waals surface area contributed by atoms with Gasteiger partial charge in [-0.2, -0.15) is 13.2 Å².